The zero-order chi connectivity index (χ0) is 21.1. The van der Waals surface area contributed by atoms with Crippen LogP contribution >= 0.6 is 11.6 Å². The molecular weight excluding hydrogens is 396 g/mol. The van der Waals surface area contributed by atoms with E-state index in [1.165, 1.54) is 13.2 Å². The molecule has 3 rings (SSSR count). The van der Waals surface area contributed by atoms with Gasteiger partial charge in [-0.15, -0.1) is 0 Å². The van der Waals surface area contributed by atoms with Gasteiger partial charge in [0.1, 0.15) is 23.1 Å². The molecule has 0 radical (unpaired) electrons. The molecule has 0 atom stereocenters. The van der Waals surface area contributed by atoms with Gasteiger partial charge in [0.05, 0.1) is 18.4 Å². The summed E-state index contributed by atoms with van der Waals surface area (Å²) in [5.74, 6) is -0.255. The number of rotatable bonds is 6. The minimum Gasteiger partial charge on any atom is -0.494 e. The number of halogens is 1. The first-order valence-corrected chi connectivity index (χ1v) is 9.02. The number of carbonyl (C=O) groups excluding carboxylic acids is 1. The Hall–Kier alpha value is -3.50. The van der Waals surface area contributed by atoms with Crippen LogP contribution in [0.4, 0.5) is 0 Å². The number of furan rings is 1. The molecule has 0 aliphatic carbocycles. The van der Waals surface area contributed by atoms with E-state index in [-0.39, 0.29) is 29.8 Å². The highest BCUT2D eigenvalue weighted by Crippen LogP contribution is 2.25. The van der Waals surface area contributed by atoms with Crippen molar-refractivity contribution < 1.29 is 19.1 Å². The number of hydrogen-bond donors (Lipinski definition) is 1. The number of nitriles is 1. The van der Waals surface area contributed by atoms with Crippen molar-refractivity contribution in [3.8, 4) is 17.7 Å². The Kier molecular flexibility index (Phi) is 5.76. The number of pyridine rings is 1. The number of aromatic hydroxyl groups is 1. The Labute approximate surface area is 171 Å². The Morgan fingerprint density at radius 2 is 2.10 bits per heavy atom. The van der Waals surface area contributed by atoms with Crippen LogP contribution in [-0.2, 0) is 6.54 Å². The summed E-state index contributed by atoms with van der Waals surface area (Å²) in [7, 11) is 0. The predicted octanol–water partition coefficient (Wildman–Crippen LogP) is 3.60. The molecule has 0 aliphatic heterocycles. The van der Waals surface area contributed by atoms with E-state index < -0.39 is 17.2 Å². The van der Waals surface area contributed by atoms with E-state index >= 15 is 0 Å². The summed E-state index contributed by atoms with van der Waals surface area (Å²) in [5.41, 5.74) is -0.219. The van der Waals surface area contributed by atoms with Gasteiger partial charge >= 0.3 is 0 Å². The molecule has 2 aromatic heterocycles. The molecule has 29 heavy (non-hydrogen) atoms. The van der Waals surface area contributed by atoms with Gasteiger partial charge in [0.2, 0.25) is 11.7 Å². The first-order valence-electron chi connectivity index (χ1n) is 8.64. The largest absolute Gasteiger partial charge is 0.494 e. The lowest BCUT2D eigenvalue weighted by Crippen LogP contribution is -2.28. The van der Waals surface area contributed by atoms with E-state index in [1.807, 2.05) is 6.07 Å². The molecule has 8 heteroatoms. The zero-order valence-corrected chi connectivity index (χ0v) is 16.5. The van der Waals surface area contributed by atoms with Gasteiger partial charge in [0, 0.05) is 5.02 Å². The maximum absolute atomic E-state index is 12.8. The van der Waals surface area contributed by atoms with Crippen molar-refractivity contribution in [1.82, 2.24) is 4.57 Å². The fourth-order valence-corrected chi connectivity index (χ4v) is 3.21. The van der Waals surface area contributed by atoms with Crippen molar-refractivity contribution in [2.45, 2.75) is 20.4 Å². The maximum atomic E-state index is 12.8. The van der Waals surface area contributed by atoms with E-state index in [2.05, 4.69) is 0 Å². The molecule has 148 valence electrons. The number of nitrogens with zero attached hydrogens (tertiary/aromatic N) is 2. The lowest BCUT2D eigenvalue weighted by molar-refractivity contribution is 0.0916. The highest BCUT2D eigenvalue weighted by Gasteiger charge is 2.25. The molecule has 1 N–H and O–H groups in total. The SMILES string of the molecule is Cc1cc(Cl)ccc1OCC(=O)c1c(C)c(C#N)c(=O)n(Cc2ccco2)c1O. The molecule has 0 spiro atoms. The molecule has 0 saturated heterocycles. The minimum absolute atomic E-state index is 0.104. The zero-order valence-electron chi connectivity index (χ0n) is 15.7. The van der Waals surface area contributed by atoms with Crippen molar-refractivity contribution >= 4 is 17.4 Å². The van der Waals surface area contributed by atoms with E-state index in [1.54, 1.807) is 37.3 Å². The summed E-state index contributed by atoms with van der Waals surface area (Å²) in [6, 6.07) is 10.0. The maximum Gasteiger partial charge on any atom is 0.271 e. The van der Waals surface area contributed by atoms with Crippen molar-refractivity contribution in [3.05, 3.63) is 80.0 Å². The third-order valence-corrected chi connectivity index (χ3v) is 4.70. The number of aryl methyl sites for hydroxylation is 1. The number of ether oxygens (including phenoxy) is 1. The summed E-state index contributed by atoms with van der Waals surface area (Å²) < 4.78 is 11.7. The molecule has 0 aliphatic rings. The monoisotopic (exact) mass is 412 g/mol. The lowest BCUT2D eigenvalue weighted by Gasteiger charge is -2.15. The average molecular weight is 413 g/mol. The van der Waals surface area contributed by atoms with E-state index in [0.29, 0.717) is 16.5 Å². The second-order valence-corrected chi connectivity index (χ2v) is 6.84. The van der Waals surface area contributed by atoms with Gasteiger partial charge in [-0.3, -0.25) is 14.2 Å². The normalized spacial score (nSPS) is 10.6. The van der Waals surface area contributed by atoms with Crippen LogP contribution in [0.2, 0.25) is 5.02 Å². The number of ketones is 1. The van der Waals surface area contributed by atoms with Gasteiger partial charge in [0.15, 0.2) is 6.61 Å². The number of hydrogen-bond acceptors (Lipinski definition) is 6. The summed E-state index contributed by atoms with van der Waals surface area (Å²) in [6.45, 7) is 2.72. The molecule has 0 unspecified atom stereocenters. The van der Waals surface area contributed by atoms with Crippen LogP contribution in [0.15, 0.2) is 45.8 Å². The molecule has 7 nitrogen and oxygen atoms in total. The van der Waals surface area contributed by atoms with Crippen molar-refractivity contribution in [2.75, 3.05) is 6.61 Å². The number of aromatic nitrogens is 1. The van der Waals surface area contributed by atoms with Gasteiger partial charge in [-0.05, 0) is 55.3 Å². The second-order valence-electron chi connectivity index (χ2n) is 6.40. The van der Waals surface area contributed by atoms with Crippen LogP contribution in [-0.4, -0.2) is 22.1 Å². The minimum atomic E-state index is -0.704. The van der Waals surface area contributed by atoms with E-state index in [0.717, 1.165) is 10.1 Å². The third-order valence-electron chi connectivity index (χ3n) is 4.47. The Balaban J connectivity index is 1.98. The van der Waals surface area contributed by atoms with Crippen LogP contribution < -0.4 is 10.3 Å². The summed E-state index contributed by atoms with van der Waals surface area (Å²) in [6.07, 6.45) is 1.42. The fraction of sp³-hybridized carbons (Fsp3) is 0.190. The first kappa shape index (κ1) is 20.2. The molecule has 0 bridgehead atoms. The molecule has 0 saturated carbocycles. The van der Waals surface area contributed by atoms with Gasteiger partial charge in [0.25, 0.3) is 5.56 Å². The van der Waals surface area contributed by atoms with Crippen LogP contribution in [0.5, 0.6) is 11.6 Å². The smallest absolute Gasteiger partial charge is 0.271 e. The third kappa shape index (κ3) is 4.03. The lowest BCUT2D eigenvalue weighted by atomic mass is 10.0. The average Bonchev–Trinajstić information content (AvgIpc) is 3.18. The highest BCUT2D eigenvalue weighted by molar-refractivity contribution is 6.30. The van der Waals surface area contributed by atoms with Crippen LogP contribution in [0.1, 0.15) is 32.8 Å². The predicted molar refractivity (Wildman–Crippen MR) is 106 cm³/mol. The number of carbonyl (C=O) groups is 1. The van der Waals surface area contributed by atoms with Crippen LogP contribution in [0, 0.1) is 25.2 Å². The number of benzene rings is 1. The van der Waals surface area contributed by atoms with Crippen molar-refractivity contribution in [3.63, 3.8) is 0 Å². The van der Waals surface area contributed by atoms with Crippen molar-refractivity contribution in [2.24, 2.45) is 0 Å². The molecule has 3 aromatic rings. The van der Waals surface area contributed by atoms with Gasteiger partial charge in [-0.25, -0.2) is 0 Å². The molecule has 2 heterocycles. The quantitative estimate of drug-likeness (QED) is 0.620. The van der Waals surface area contributed by atoms with Crippen molar-refractivity contribution in [1.29, 1.82) is 5.26 Å². The number of Topliss-reactive ketones (excluding diaryl/α,β-unsaturated/α-hetero) is 1. The Morgan fingerprint density at radius 1 is 1.34 bits per heavy atom. The van der Waals surface area contributed by atoms with E-state index in [9.17, 15) is 20.0 Å². The molecular formula is C21H17ClN2O5. The molecule has 1 aromatic carbocycles. The van der Waals surface area contributed by atoms with Gasteiger partial charge in [-0.1, -0.05) is 11.6 Å². The van der Waals surface area contributed by atoms with Gasteiger partial charge in [-0.2, -0.15) is 5.26 Å². The summed E-state index contributed by atoms with van der Waals surface area (Å²) in [5, 5.41) is 20.6. The molecule has 0 amide bonds. The van der Waals surface area contributed by atoms with E-state index in [4.69, 9.17) is 20.8 Å². The topological polar surface area (TPSA) is 105 Å². The molecule has 0 fully saturated rings. The summed E-state index contributed by atoms with van der Waals surface area (Å²) >= 11 is 5.91. The standard InChI is InChI=1S/C21H17ClN2O5/c1-12-8-14(22)5-6-18(12)29-11-17(25)19-13(2)16(9-23)20(26)24(21(19)27)10-15-4-3-7-28-15/h3-8,27H,10-11H2,1-2H3. The van der Waals surface area contributed by atoms with Crippen LogP contribution in [0.25, 0.3) is 0 Å². The first-order chi connectivity index (χ1) is 13.8. The Morgan fingerprint density at radius 3 is 2.72 bits per heavy atom. The van der Waals surface area contributed by atoms with Crippen LogP contribution in [0.3, 0.4) is 0 Å². The van der Waals surface area contributed by atoms with Gasteiger partial charge < -0.3 is 14.3 Å². The highest BCUT2D eigenvalue weighted by atomic mass is 35.5. The fourth-order valence-electron chi connectivity index (χ4n) is 2.98. The summed E-state index contributed by atoms with van der Waals surface area (Å²) in [4.78, 5) is 25.4. The Bertz CT molecular complexity index is 1170. The second kappa shape index (κ2) is 8.25.